The molecule has 0 saturated heterocycles. The van der Waals surface area contributed by atoms with E-state index in [1.54, 1.807) is 31.2 Å². The van der Waals surface area contributed by atoms with E-state index < -0.39 is 12.1 Å². The Kier molecular flexibility index (Phi) is 7.13. The molecule has 0 radical (unpaired) electrons. The van der Waals surface area contributed by atoms with Crippen LogP contribution in [-0.2, 0) is 16.0 Å². The van der Waals surface area contributed by atoms with Gasteiger partial charge in [-0.3, -0.25) is 9.59 Å². The van der Waals surface area contributed by atoms with Gasteiger partial charge in [0.2, 0.25) is 0 Å². The molecular weight excluding hydrogens is 338 g/mol. The Hall–Kier alpha value is -2.90. The zero-order valence-electron chi connectivity index (χ0n) is 15.2. The lowest BCUT2D eigenvalue weighted by atomic mass is 10.2. The summed E-state index contributed by atoms with van der Waals surface area (Å²) < 4.78 is 15.6. The van der Waals surface area contributed by atoms with Crippen LogP contribution in [0.2, 0.25) is 0 Å². The molecular formula is C18H23N3O5. The van der Waals surface area contributed by atoms with E-state index in [9.17, 15) is 9.59 Å². The molecule has 8 nitrogen and oxygen atoms in total. The van der Waals surface area contributed by atoms with Crippen molar-refractivity contribution in [3.05, 3.63) is 41.5 Å². The van der Waals surface area contributed by atoms with Gasteiger partial charge in [-0.05, 0) is 44.5 Å². The predicted octanol–water partition coefficient (Wildman–Crippen LogP) is 2.46. The standard InChI is InChI=1S/C18H23N3O5/c1-4-6-15-20-18(26-21-15)12(3)25-16(22)11-19-17(23)13-7-9-14(10-8-13)24-5-2/h7-10,12H,4-6,11H2,1-3H3,(H,19,23). The van der Waals surface area contributed by atoms with Crippen LogP contribution in [0.4, 0.5) is 0 Å². The highest BCUT2D eigenvalue weighted by Crippen LogP contribution is 2.15. The SMILES string of the molecule is CCCc1noc(C(C)OC(=O)CNC(=O)c2ccc(OCC)cc2)n1. The Balaban J connectivity index is 1.80. The van der Waals surface area contributed by atoms with Crippen LogP contribution in [0.15, 0.2) is 28.8 Å². The molecule has 26 heavy (non-hydrogen) atoms. The van der Waals surface area contributed by atoms with Crippen LogP contribution < -0.4 is 10.1 Å². The molecule has 1 aromatic carbocycles. The molecule has 0 bridgehead atoms. The molecule has 0 aliphatic rings. The monoisotopic (exact) mass is 361 g/mol. The fraction of sp³-hybridized carbons (Fsp3) is 0.444. The third kappa shape index (κ3) is 5.58. The number of hydrogen-bond acceptors (Lipinski definition) is 7. The van der Waals surface area contributed by atoms with E-state index in [0.29, 0.717) is 30.2 Å². The first-order chi connectivity index (χ1) is 12.5. The maximum atomic E-state index is 12.0. The van der Waals surface area contributed by atoms with E-state index in [0.717, 1.165) is 6.42 Å². The molecule has 0 saturated carbocycles. The minimum atomic E-state index is -0.678. The van der Waals surface area contributed by atoms with Crippen molar-refractivity contribution in [3.8, 4) is 5.75 Å². The molecule has 1 amide bonds. The molecule has 0 aliphatic carbocycles. The maximum absolute atomic E-state index is 12.0. The number of benzene rings is 1. The lowest BCUT2D eigenvalue weighted by molar-refractivity contribution is -0.148. The van der Waals surface area contributed by atoms with Crippen LogP contribution in [0.25, 0.3) is 0 Å². The number of esters is 1. The number of carbonyl (C=O) groups is 2. The van der Waals surface area contributed by atoms with E-state index >= 15 is 0 Å². The number of nitrogens with zero attached hydrogens (tertiary/aromatic N) is 2. The molecule has 1 aromatic heterocycles. The highest BCUT2D eigenvalue weighted by molar-refractivity contribution is 5.96. The van der Waals surface area contributed by atoms with Gasteiger partial charge in [0, 0.05) is 12.0 Å². The number of rotatable bonds is 9. The van der Waals surface area contributed by atoms with Crippen molar-refractivity contribution in [3.63, 3.8) is 0 Å². The maximum Gasteiger partial charge on any atom is 0.326 e. The smallest absolute Gasteiger partial charge is 0.326 e. The second kappa shape index (κ2) is 9.55. The number of ether oxygens (including phenoxy) is 2. The van der Waals surface area contributed by atoms with E-state index in [4.69, 9.17) is 14.0 Å². The van der Waals surface area contributed by atoms with Crippen molar-refractivity contribution in [1.29, 1.82) is 0 Å². The first-order valence-corrected chi connectivity index (χ1v) is 8.56. The van der Waals surface area contributed by atoms with Gasteiger partial charge in [-0.15, -0.1) is 0 Å². The van der Waals surface area contributed by atoms with Gasteiger partial charge in [0.25, 0.3) is 11.8 Å². The number of aryl methyl sites for hydroxylation is 1. The number of hydrogen-bond donors (Lipinski definition) is 1. The van der Waals surface area contributed by atoms with Crippen LogP contribution in [0.3, 0.4) is 0 Å². The van der Waals surface area contributed by atoms with Crippen LogP contribution >= 0.6 is 0 Å². The van der Waals surface area contributed by atoms with Crippen LogP contribution in [0.1, 0.15) is 55.4 Å². The minimum Gasteiger partial charge on any atom is -0.494 e. The summed E-state index contributed by atoms with van der Waals surface area (Å²) in [6.45, 7) is 5.82. The Labute approximate surface area is 151 Å². The van der Waals surface area contributed by atoms with E-state index in [1.165, 1.54) is 0 Å². The first-order valence-electron chi connectivity index (χ1n) is 8.56. The van der Waals surface area contributed by atoms with Gasteiger partial charge in [0.05, 0.1) is 6.61 Å². The second-order valence-corrected chi connectivity index (χ2v) is 5.57. The summed E-state index contributed by atoms with van der Waals surface area (Å²) in [7, 11) is 0. The normalized spacial score (nSPS) is 11.7. The highest BCUT2D eigenvalue weighted by atomic mass is 16.6. The molecule has 1 unspecified atom stereocenters. The number of aromatic nitrogens is 2. The molecule has 1 N–H and O–H groups in total. The van der Waals surface area contributed by atoms with Crippen LogP contribution in [0.5, 0.6) is 5.75 Å². The quantitative estimate of drug-likeness (QED) is 0.684. The molecule has 8 heteroatoms. The predicted molar refractivity (Wildman–Crippen MR) is 92.7 cm³/mol. The van der Waals surface area contributed by atoms with Gasteiger partial charge in [-0.1, -0.05) is 12.1 Å². The van der Waals surface area contributed by atoms with Crippen LogP contribution in [-0.4, -0.2) is 35.2 Å². The third-order valence-corrected chi connectivity index (χ3v) is 3.43. The highest BCUT2D eigenvalue weighted by Gasteiger charge is 2.19. The molecule has 140 valence electrons. The van der Waals surface area contributed by atoms with Gasteiger partial charge in [-0.2, -0.15) is 4.98 Å². The number of carbonyl (C=O) groups excluding carboxylic acids is 2. The van der Waals surface area contributed by atoms with Crippen molar-refractivity contribution in [2.75, 3.05) is 13.2 Å². The number of amides is 1. The summed E-state index contributed by atoms with van der Waals surface area (Å²) in [6, 6.07) is 6.65. The van der Waals surface area contributed by atoms with E-state index in [-0.39, 0.29) is 18.3 Å². The molecule has 2 aromatic rings. The minimum absolute atomic E-state index is 0.236. The Morgan fingerprint density at radius 2 is 1.96 bits per heavy atom. The van der Waals surface area contributed by atoms with Gasteiger partial charge in [0.1, 0.15) is 12.3 Å². The van der Waals surface area contributed by atoms with Crippen molar-refractivity contribution in [2.45, 2.75) is 39.7 Å². The van der Waals surface area contributed by atoms with Gasteiger partial charge in [-0.25, -0.2) is 0 Å². The zero-order chi connectivity index (χ0) is 18.9. The van der Waals surface area contributed by atoms with Crippen molar-refractivity contribution < 1.29 is 23.6 Å². The first kappa shape index (κ1) is 19.4. The topological polar surface area (TPSA) is 104 Å². The summed E-state index contributed by atoms with van der Waals surface area (Å²) in [5.41, 5.74) is 0.426. The molecule has 0 fully saturated rings. The van der Waals surface area contributed by atoms with Crippen molar-refractivity contribution in [1.82, 2.24) is 15.5 Å². The fourth-order valence-corrected chi connectivity index (χ4v) is 2.17. The number of nitrogens with one attached hydrogen (secondary N) is 1. The molecule has 1 atom stereocenters. The largest absolute Gasteiger partial charge is 0.494 e. The van der Waals surface area contributed by atoms with Gasteiger partial charge in [0.15, 0.2) is 11.9 Å². The second-order valence-electron chi connectivity index (χ2n) is 5.57. The fourth-order valence-electron chi connectivity index (χ4n) is 2.17. The van der Waals surface area contributed by atoms with Gasteiger partial charge >= 0.3 is 5.97 Å². The Morgan fingerprint density at radius 3 is 2.62 bits per heavy atom. The lowest BCUT2D eigenvalue weighted by Crippen LogP contribution is -2.31. The van der Waals surface area contributed by atoms with Crippen molar-refractivity contribution >= 4 is 11.9 Å². The lowest BCUT2D eigenvalue weighted by Gasteiger charge is -2.10. The molecule has 2 rings (SSSR count). The Bertz CT molecular complexity index is 727. The molecule has 0 spiro atoms. The average molecular weight is 361 g/mol. The van der Waals surface area contributed by atoms with Crippen molar-refractivity contribution in [2.24, 2.45) is 0 Å². The summed E-state index contributed by atoms with van der Waals surface area (Å²) >= 11 is 0. The Morgan fingerprint density at radius 1 is 1.23 bits per heavy atom. The van der Waals surface area contributed by atoms with E-state index in [2.05, 4.69) is 15.5 Å². The summed E-state index contributed by atoms with van der Waals surface area (Å²) in [5, 5.41) is 6.32. The van der Waals surface area contributed by atoms with Crippen LogP contribution in [0, 0.1) is 0 Å². The molecule has 0 aliphatic heterocycles. The summed E-state index contributed by atoms with van der Waals surface area (Å²) in [5.74, 6) is 0.529. The zero-order valence-corrected chi connectivity index (χ0v) is 15.2. The van der Waals surface area contributed by atoms with Gasteiger partial charge < -0.3 is 19.3 Å². The summed E-state index contributed by atoms with van der Waals surface area (Å²) in [6.07, 6.45) is 0.913. The average Bonchev–Trinajstić information content (AvgIpc) is 3.10. The summed E-state index contributed by atoms with van der Waals surface area (Å²) in [4.78, 5) is 28.1. The van der Waals surface area contributed by atoms with E-state index in [1.807, 2.05) is 13.8 Å². The third-order valence-electron chi connectivity index (χ3n) is 3.43. The molecule has 1 heterocycles.